The monoisotopic (exact) mass is 201 g/mol. The van der Waals surface area contributed by atoms with E-state index in [4.69, 9.17) is 4.52 Å². The summed E-state index contributed by atoms with van der Waals surface area (Å²) < 4.78 is 19.6. The summed E-state index contributed by atoms with van der Waals surface area (Å²) in [6.45, 7) is 3.67. The van der Waals surface area contributed by atoms with Crippen LogP contribution in [0.1, 0.15) is 16.2 Å². The molecule has 0 heterocycles. The molecular weight excluding hydrogens is 187 g/mol. The molecular formula is C4H14NNa2O3P. The first kappa shape index (κ1) is 18.8. The van der Waals surface area contributed by atoms with Gasteiger partial charge in [0.1, 0.15) is 0 Å². The molecule has 0 bridgehead atoms. The zero-order valence-electron chi connectivity index (χ0n) is 9.66. The Balaban J connectivity index is -0.0000000533. The van der Waals surface area contributed by atoms with Gasteiger partial charge in [0.25, 0.3) is 0 Å². The molecule has 0 aromatic heterocycles. The van der Waals surface area contributed by atoms with Crippen LogP contribution in [0.15, 0.2) is 0 Å². The molecule has 0 rings (SSSR count). The van der Waals surface area contributed by atoms with Crippen molar-refractivity contribution in [2.45, 2.75) is 13.3 Å². The quantitative estimate of drug-likeness (QED) is 0.282. The van der Waals surface area contributed by atoms with Gasteiger partial charge < -0.3 is 7.38 Å². The van der Waals surface area contributed by atoms with Crippen molar-refractivity contribution in [1.29, 1.82) is 0 Å². The molecule has 0 aliphatic rings. The van der Waals surface area contributed by atoms with Gasteiger partial charge in [0.05, 0.1) is 6.61 Å². The fourth-order valence-corrected chi connectivity index (χ4v) is 0.863. The van der Waals surface area contributed by atoms with E-state index in [1.807, 2.05) is 6.92 Å². The molecule has 0 fully saturated rings. The minimum absolute atomic E-state index is 0. The summed E-state index contributed by atoms with van der Waals surface area (Å²) >= 11 is 0. The van der Waals surface area contributed by atoms with Gasteiger partial charge in [-0.05, 0) is 6.42 Å². The van der Waals surface area contributed by atoms with Crippen LogP contribution in [0.25, 0.3) is 0 Å². The molecule has 0 radical (unpaired) electrons. The molecule has 0 aliphatic carbocycles. The Morgan fingerprint density at radius 1 is 1.55 bits per heavy atom. The van der Waals surface area contributed by atoms with E-state index in [2.05, 4.69) is 10.5 Å². The van der Waals surface area contributed by atoms with Crippen LogP contribution < -0.4 is 65.0 Å². The molecule has 0 aliphatic heterocycles. The second-order valence-corrected chi connectivity index (χ2v) is 3.72. The van der Waals surface area contributed by atoms with E-state index in [1.165, 1.54) is 6.66 Å². The van der Waals surface area contributed by atoms with E-state index in [0.717, 1.165) is 6.42 Å². The Morgan fingerprint density at radius 3 is 2.27 bits per heavy atom. The zero-order chi connectivity index (χ0) is 7.33. The van der Waals surface area contributed by atoms with E-state index in [-0.39, 0.29) is 62.0 Å². The van der Waals surface area contributed by atoms with Gasteiger partial charge in [0, 0.05) is 6.66 Å². The first-order valence-corrected chi connectivity index (χ1v) is 4.72. The van der Waals surface area contributed by atoms with Gasteiger partial charge in [0.2, 0.25) is 0 Å². The number of hydrogen-bond acceptors (Lipinski definition) is 4. The average Bonchev–Trinajstić information content (AvgIpc) is 1.84. The van der Waals surface area contributed by atoms with Crippen LogP contribution in [0, 0.1) is 0 Å². The maximum atomic E-state index is 10.8. The predicted molar refractivity (Wildman–Crippen MR) is 37.3 cm³/mol. The molecule has 11 heavy (non-hydrogen) atoms. The molecule has 4 nitrogen and oxygen atoms in total. The van der Waals surface area contributed by atoms with Gasteiger partial charge in [-0.25, -0.2) is 10.5 Å². The first-order valence-electron chi connectivity index (χ1n) is 2.73. The normalized spacial score (nSPS) is 14.1. The summed E-state index contributed by atoms with van der Waals surface area (Å²) in [5.41, 5.74) is 0. The molecule has 0 aromatic rings. The standard InChI is InChI=1S/C4H12NO3P.2Na.2H/c1-3-4-7-9(2,6)8-5;;;;/h3-5H2,1-2H3;;;;/q;2*+1;2*-1. The van der Waals surface area contributed by atoms with Crippen LogP contribution in [-0.4, -0.2) is 13.3 Å². The summed E-state index contributed by atoms with van der Waals surface area (Å²) in [6, 6.07) is 0. The second kappa shape index (κ2) is 10.2. The summed E-state index contributed by atoms with van der Waals surface area (Å²) in [5, 5.41) is 0. The van der Waals surface area contributed by atoms with E-state index in [1.54, 1.807) is 0 Å². The number of nitrogens with two attached hydrogens (primary N) is 1. The molecule has 1 unspecified atom stereocenters. The SMILES string of the molecule is CCCOP(C)(=O)ON.[H-].[H-].[Na+].[Na+]. The molecule has 0 saturated carbocycles. The number of hydrogen-bond donors (Lipinski definition) is 1. The van der Waals surface area contributed by atoms with Crippen molar-refractivity contribution in [1.82, 2.24) is 0 Å². The molecule has 7 heteroatoms. The molecule has 1 atom stereocenters. The van der Waals surface area contributed by atoms with Crippen molar-refractivity contribution in [2.75, 3.05) is 13.3 Å². The molecule has 2 N–H and O–H groups in total. The van der Waals surface area contributed by atoms with Crippen molar-refractivity contribution < 1.29 is 75.7 Å². The van der Waals surface area contributed by atoms with Crippen molar-refractivity contribution in [2.24, 2.45) is 5.90 Å². The maximum absolute atomic E-state index is 10.8. The van der Waals surface area contributed by atoms with Crippen LogP contribution in [0.4, 0.5) is 0 Å². The van der Waals surface area contributed by atoms with Crippen LogP contribution in [0.5, 0.6) is 0 Å². The third-order valence-corrected chi connectivity index (χ3v) is 1.76. The molecule has 0 amide bonds. The largest absolute Gasteiger partial charge is 1.00 e. The zero-order valence-corrected chi connectivity index (χ0v) is 12.6. The molecule has 0 aromatic carbocycles. The van der Waals surface area contributed by atoms with E-state index in [9.17, 15) is 4.57 Å². The third kappa shape index (κ3) is 12.1. The summed E-state index contributed by atoms with van der Waals surface area (Å²) in [4.78, 5) is 0. The summed E-state index contributed by atoms with van der Waals surface area (Å²) in [5.74, 6) is 4.66. The maximum Gasteiger partial charge on any atom is 1.00 e. The fraction of sp³-hybridized carbons (Fsp3) is 1.00. The number of rotatable bonds is 4. The Bertz CT molecular complexity index is 132. The fourth-order valence-electron chi connectivity index (χ4n) is 0.288. The van der Waals surface area contributed by atoms with Crippen LogP contribution in [-0.2, 0) is 13.7 Å². The topological polar surface area (TPSA) is 61.5 Å². The van der Waals surface area contributed by atoms with Crippen LogP contribution >= 0.6 is 7.60 Å². The Hall–Kier alpha value is 2.11. The predicted octanol–water partition coefficient (Wildman–Crippen LogP) is -4.64. The van der Waals surface area contributed by atoms with E-state index in [0.29, 0.717) is 6.61 Å². The summed E-state index contributed by atoms with van der Waals surface area (Å²) in [6.07, 6.45) is 0.807. The van der Waals surface area contributed by atoms with Gasteiger partial charge in [0.15, 0.2) is 0 Å². The van der Waals surface area contributed by atoms with Gasteiger partial charge >= 0.3 is 66.7 Å². The van der Waals surface area contributed by atoms with Crippen molar-refractivity contribution in [3.8, 4) is 0 Å². The minimum atomic E-state index is -2.91. The van der Waals surface area contributed by atoms with Gasteiger partial charge in [-0.1, -0.05) is 6.92 Å². The first-order chi connectivity index (χ1) is 4.12. The third-order valence-electron chi connectivity index (χ3n) is 0.721. The smallest absolute Gasteiger partial charge is 1.00 e. The van der Waals surface area contributed by atoms with Crippen molar-refractivity contribution in [3.63, 3.8) is 0 Å². The van der Waals surface area contributed by atoms with Crippen molar-refractivity contribution >= 4 is 7.60 Å². The van der Waals surface area contributed by atoms with Gasteiger partial charge in [-0.3, -0.25) is 4.57 Å². The van der Waals surface area contributed by atoms with E-state index < -0.39 is 7.60 Å². The van der Waals surface area contributed by atoms with Gasteiger partial charge in [-0.2, -0.15) is 0 Å². The second-order valence-electron chi connectivity index (χ2n) is 1.71. The molecule has 60 valence electrons. The Kier molecular flexibility index (Phi) is 17.4. The molecule has 0 saturated heterocycles. The van der Waals surface area contributed by atoms with E-state index >= 15 is 0 Å². The Morgan fingerprint density at radius 2 is 2.00 bits per heavy atom. The minimum Gasteiger partial charge on any atom is -1.00 e. The molecule has 0 spiro atoms. The Labute approximate surface area is 115 Å². The van der Waals surface area contributed by atoms with Crippen molar-refractivity contribution in [3.05, 3.63) is 0 Å². The van der Waals surface area contributed by atoms with Crippen LogP contribution in [0.2, 0.25) is 0 Å². The summed E-state index contributed by atoms with van der Waals surface area (Å²) in [7, 11) is -2.91. The van der Waals surface area contributed by atoms with Crippen LogP contribution in [0.3, 0.4) is 0 Å². The van der Waals surface area contributed by atoms with Gasteiger partial charge in [-0.15, -0.1) is 0 Å². The average molecular weight is 201 g/mol.